The standard InChI is InChI=1S/C12H14N2O2/c1-8(15)13-5-4-9-7-14-12-6-10(16)2-3-11(9)12/h2-3,6-7,14,16H,4-5H2,1H3,(H,13,15). The van der Waals surface area contributed by atoms with Crippen molar-refractivity contribution < 1.29 is 9.90 Å². The van der Waals surface area contributed by atoms with Crippen molar-refractivity contribution >= 4 is 16.8 Å². The Labute approximate surface area is 93.3 Å². The molecule has 0 atom stereocenters. The first-order chi connectivity index (χ1) is 7.66. The lowest BCUT2D eigenvalue weighted by Crippen LogP contribution is -2.22. The summed E-state index contributed by atoms with van der Waals surface area (Å²) in [4.78, 5) is 13.8. The van der Waals surface area contributed by atoms with E-state index < -0.39 is 0 Å². The van der Waals surface area contributed by atoms with Crippen molar-refractivity contribution in [2.45, 2.75) is 13.3 Å². The van der Waals surface area contributed by atoms with Gasteiger partial charge in [-0.05, 0) is 24.1 Å². The zero-order valence-electron chi connectivity index (χ0n) is 9.08. The molecule has 0 aliphatic carbocycles. The number of carbonyl (C=O) groups excluding carboxylic acids is 1. The van der Waals surface area contributed by atoms with E-state index >= 15 is 0 Å². The highest BCUT2D eigenvalue weighted by atomic mass is 16.3. The highest BCUT2D eigenvalue weighted by Gasteiger charge is 2.04. The van der Waals surface area contributed by atoms with Gasteiger partial charge in [0.1, 0.15) is 5.75 Å². The Morgan fingerprint density at radius 1 is 1.50 bits per heavy atom. The van der Waals surface area contributed by atoms with Crippen molar-refractivity contribution in [3.63, 3.8) is 0 Å². The Balaban J connectivity index is 2.15. The number of phenolic OH excluding ortho intramolecular Hbond substituents is 1. The van der Waals surface area contributed by atoms with Crippen molar-refractivity contribution in [3.05, 3.63) is 30.0 Å². The Bertz CT molecular complexity index is 517. The summed E-state index contributed by atoms with van der Waals surface area (Å²) in [6.45, 7) is 2.14. The Morgan fingerprint density at radius 3 is 3.06 bits per heavy atom. The van der Waals surface area contributed by atoms with Gasteiger partial charge < -0.3 is 15.4 Å². The molecular weight excluding hydrogens is 204 g/mol. The van der Waals surface area contributed by atoms with E-state index in [2.05, 4.69) is 10.3 Å². The fourth-order valence-corrected chi connectivity index (χ4v) is 1.75. The maximum absolute atomic E-state index is 10.7. The molecule has 1 amide bonds. The number of carbonyl (C=O) groups is 1. The van der Waals surface area contributed by atoms with Gasteiger partial charge in [0, 0.05) is 36.6 Å². The molecule has 1 aromatic carbocycles. The van der Waals surface area contributed by atoms with E-state index in [1.54, 1.807) is 12.1 Å². The monoisotopic (exact) mass is 218 g/mol. The fraction of sp³-hybridized carbons (Fsp3) is 0.250. The van der Waals surface area contributed by atoms with Crippen LogP contribution in [0.5, 0.6) is 5.75 Å². The van der Waals surface area contributed by atoms with Gasteiger partial charge in [-0.25, -0.2) is 0 Å². The van der Waals surface area contributed by atoms with Gasteiger partial charge in [-0.1, -0.05) is 0 Å². The lowest BCUT2D eigenvalue weighted by molar-refractivity contribution is -0.118. The molecule has 0 aliphatic heterocycles. The summed E-state index contributed by atoms with van der Waals surface area (Å²) in [6.07, 6.45) is 2.69. The molecule has 0 spiro atoms. The van der Waals surface area contributed by atoms with Gasteiger partial charge in [-0.2, -0.15) is 0 Å². The van der Waals surface area contributed by atoms with E-state index in [4.69, 9.17) is 0 Å². The number of hydrogen-bond acceptors (Lipinski definition) is 2. The van der Waals surface area contributed by atoms with Gasteiger partial charge in [0.2, 0.25) is 5.91 Å². The highest BCUT2D eigenvalue weighted by Crippen LogP contribution is 2.22. The van der Waals surface area contributed by atoms with Crippen LogP contribution >= 0.6 is 0 Å². The van der Waals surface area contributed by atoms with Crippen LogP contribution in [-0.4, -0.2) is 22.5 Å². The molecule has 4 heteroatoms. The summed E-state index contributed by atoms with van der Waals surface area (Å²) >= 11 is 0. The molecule has 3 N–H and O–H groups in total. The number of benzene rings is 1. The highest BCUT2D eigenvalue weighted by molar-refractivity contribution is 5.84. The third kappa shape index (κ3) is 2.16. The van der Waals surface area contributed by atoms with Gasteiger partial charge in [0.25, 0.3) is 0 Å². The molecule has 1 aromatic heterocycles. The first kappa shape index (κ1) is 10.5. The molecule has 0 aliphatic rings. The number of amides is 1. The number of H-pyrrole nitrogens is 1. The topological polar surface area (TPSA) is 65.1 Å². The Kier molecular flexibility index (Phi) is 2.81. The van der Waals surface area contributed by atoms with E-state index in [0.29, 0.717) is 6.54 Å². The SMILES string of the molecule is CC(=O)NCCc1c[nH]c2cc(O)ccc12. The van der Waals surface area contributed by atoms with Gasteiger partial charge in [0.05, 0.1) is 0 Å². The van der Waals surface area contributed by atoms with Gasteiger partial charge in [0.15, 0.2) is 0 Å². The van der Waals surface area contributed by atoms with Crippen molar-refractivity contribution in [1.29, 1.82) is 0 Å². The molecule has 84 valence electrons. The molecule has 0 bridgehead atoms. The third-order valence-corrected chi connectivity index (χ3v) is 2.52. The number of rotatable bonds is 3. The van der Waals surface area contributed by atoms with Crippen molar-refractivity contribution in [3.8, 4) is 5.75 Å². The first-order valence-electron chi connectivity index (χ1n) is 5.20. The average Bonchev–Trinajstić information content (AvgIpc) is 2.60. The molecular formula is C12H14N2O2. The normalized spacial score (nSPS) is 10.6. The minimum atomic E-state index is -0.0162. The molecule has 0 radical (unpaired) electrons. The largest absolute Gasteiger partial charge is 0.508 e. The Morgan fingerprint density at radius 2 is 2.31 bits per heavy atom. The lowest BCUT2D eigenvalue weighted by Gasteiger charge is -2.01. The van der Waals surface area contributed by atoms with Crippen LogP contribution in [-0.2, 0) is 11.2 Å². The second-order valence-corrected chi connectivity index (χ2v) is 3.78. The summed E-state index contributed by atoms with van der Waals surface area (Å²) in [5.74, 6) is 0.236. The van der Waals surface area contributed by atoms with Gasteiger partial charge >= 0.3 is 0 Å². The Hall–Kier alpha value is -1.97. The summed E-state index contributed by atoms with van der Waals surface area (Å²) in [7, 11) is 0. The summed E-state index contributed by atoms with van der Waals surface area (Å²) in [6, 6.07) is 5.24. The molecule has 2 aromatic rings. The van der Waals surface area contributed by atoms with Crippen LogP contribution in [0.25, 0.3) is 10.9 Å². The molecule has 0 fully saturated rings. The zero-order valence-corrected chi connectivity index (χ0v) is 9.08. The molecule has 2 rings (SSSR count). The number of fused-ring (bicyclic) bond motifs is 1. The third-order valence-electron chi connectivity index (χ3n) is 2.52. The minimum Gasteiger partial charge on any atom is -0.508 e. The van der Waals surface area contributed by atoms with Crippen molar-refractivity contribution in [2.24, 2.45) is 0 Å². The quantitative estimate of drug-likeness (QED) is 0.731. The smallest absolute Gasteiger partial charge is 0.216 e. The maximum atomic E-state index is 10.7. The second-order valence-electron chi connectivity index (χ2n) is 3.78. The summed E-state index contributed by atoms with van der Waals surface area (Å²) < 4.78 is 0. The van der Waals surface area contributed by atoms with E-state index in [-0.39, 0.29) is 11.7 Å². The molecule has 0 unspecified atom stereocenters. The van der Waals surface area contributed by atoms with Crippen LogP contribution < -0.4 is 5.32 Å². The van der Waals surface area contributed by atoms with Crippen molar-refractivity contribution in [2.75, 3.05) is 6.54 Å². The maximum Gasteiger partial charge on any atom is 0.216 e. The number of nitrogens with one attached hydrogen (secondary N) is 2. The number of aromatic amines is 1. The molecule has 1 heterocycles. The van der Waals surface area contributed by atoms with Gasteiger partial charge in [-0.15, -0.1) is 0 Å². The van der Waals surface area contributed by atoms with E-state index in [9.17, 15) is 9.90 Å². The number of aromatic hydroxyl groups is 1. The van der Waals surface area contributed by atoms with E-state index in [1.807, 2.05) is 12.3 Å². The zero-order chi connectivity index (χ0) is 11.5. The lowest BCUT2D eigenvalue weighted by atomic mass is 10.1. The van der Waals surface area contributed by atoms with Crippen LogP contribution in [0.3, 0.4) is 0 Å². The molecule has 0 saturated carbocycles. The van der Waals surface area contributed by atoms with Gasteiger partial charge in [-0.3, -0.25) is 4.79 Å². The molecule has 4 nitrogen and oxygen atoms in total. The van der Waals surface area contributed by atoms with Crippen LogP contribution in [0.2, 0.25) is 0 Å². The van der Waals surface area contributed by atoms with Crippen LogP contribution in [0, 0.1) is 0 Å². The van der Waals surface area contributed by atoms with E-state index in [0.717, 1.165) is 22.9 Å². The number of hydrogen-bond donors (Lipinski definition) is 3. The average molecular weight is 218 g/mol. The fourth-order valence-electron chi connectivity index (χ4n) is 1.75. The summed E-state index contributed by atoms with van der Waals surface area (Å²) in [5.41, 5.74) is 2.06. The minimum absolute atomic E-state index is 0.0162. The van der Waals surface area contributed by atoms with Crippen LogP contribution in [0.4, 0.5) is 0 Å². The van der Waals surface area contributed by atoms with Crippen LogP contribution in [0.15, 0.2) is 24.4 Å². The van der Waals surface area contributed by atoms with Crippen LogP contribution in [0.1, 0.15) is 12.5 Å². The second kappa shape index (κ2) is 4.26. The number of aromatic nitrogens is 1. The number of phenols is 1. The summed E-state index contributed by atoms with van der Waals surface area (Å²) in [5, 5.41) is 13.2. The molecule has 16 heavy (non-hydrogen) atoms. The predicted molar refractivity (Wildman–Crippen MR) is 62.4 cm³/mol. The first-order valence-corrected chi connectivity index (χ1v) is 5.20. The van der Waals surface area contributed by atoms with Crippen molar-refractivity contribution in [1.82, 2.24) is 10.3 Å². The van der Waals surface area contributed by atoms with E-state index in [1.165, 1.54) is 6.92 Å². The predicted octanol–water partition coefficient (Wildman–Crippen LogP) is 1.55. The molecule has 0 saturated heterocycles.